The van der Waals surface area contributed by atoms with Gasteiger partial charge in [0.2, 0.25) is 5.95 Å². The highest BCUT2D eigenvalue weighted by Gasteiger charge is 2.29. The van der Waals surface area contributed by atoms with Crippen LogP contribution in [0.2, 0.25) is 0 Å². The summed E-state index contributed by atoms with van der Waals surface area (Å²) in [7, 11) is 0. The van der Waals surface area contributed by atoms with E-state index in [1.54, 1.807) is 6.20 Å². The number of amides is 1. The number of imidazole rings is 1. The van der Waals surface area contributed by atoms with Crippen molar-refractivity contribution in [2.75, 3.05) is 31.5 Å². The molecule has 1 saturated heterocycles. The number of anilines is 2. The number of aromatic nitrogens is 4. The number of benzene rings is 1. The first-order valence-electron chi connectivity index (χ1n) is 12.2. The Morgan fingerprint density at radius 3 is 2.56 bits per heavy atom. The molecular weight excluding hydrogens is 426 g/mol. The predicted molar refractivity (Wildman–Crippen MR) is 135 cm³/mol. The zero-order chi connectivity index (χ0) is 24.2. The maximum absolute atomic E-state index is 13.0. The Morgan fingerprint density at radius 1 is 1.15 bits per heavy atom. The molecule has 34 heavy (non-hydrogen) atoms. The molecule has 3 aromatic rings. The van der Waals surface area contributed by atoms with Crippen molar-refractivity contribution in [1.29, 1.82) is 0 Å². The van der Waals surface area contributed by atoms with Gasteiger partial charge in [-0.3, -0.25) is 9.69 Å². The average Bonchev–Trinajstić information content (AvgIpc) is 3.47. The smallest absolute Gasteiger partial charge is 0.253 e. The number of likely N-dealkylation sites (tertiary alicyclic amines) is 1. The summed E-state index contributed by atoms with van der Waals surface area (Å²) in [4.78, 5) is 30.9. The molecule has 2 aromatic heterocycles. The van der Waals surface area contributed by atoms with E-state index in [-0.39, 0.29) is 11.9 Å². The number of likely N-dealkylation sites (N-methyl/N-ethyl adjacent to an activating group) is 1. The number of aryl methyl sites for hydroxylation is 1. The van der Waals surface area contributed by atoms with Crippen molar-refractivity contribution >= 4 is 17.5 Å². The number of hydrogen-bond donors (Lipinski definition) is 1. The van der Waals surface area contributed by atoms with Crippen molar-refractivity contribution in [3.05, 3.63) is 54.1 Å². The van der Waals surface area contributed by atoms with E-state index < -0.39 is 0 Å². The lowest BCUT2D eigenvalue weighted by atomic mass is 10.2. The zero-order valence-corrected chi connectivity index (χ0v) is 20.8. The number of nitrogens with one attached hydrogen (secondary N) is 1. The van der Waals surface area contributed by atoms with Gasteiger partial charge < -0.3 is 14.8 Å². The molecule has 0 saturated carbocycles. The van der Waals surface area contributed by atoms with E-state index in [1.165, 1.54) is 0 Å². The summed E-state index contributed by atoms with van der Waals surface area (Å²) in [5, 5.41) is 3.26. The van der Waals surface area contributed by atoms with Gasteiger partial charge in [0.05, 0.1) is 17.6 Å². The number of carbonyl (C=O) groups is 1. The number of nitrogens with zero attached hydrogens (tertiary/aromatic N) is 6. The molecule has 0 spiro atoms. The van der Waals surface area contributed by atoms with Crippen LogP contribution in [0.3, 0.4) is 0 Å². The van der Waals surface area contributed by atoms with Crippen LogP contribution in [-0.4, -0.2) is 67.4 Å². The second-order valence-corrected chi connectivity index (χ2v) is 9.04. The summed E-state index contributed by atoms with van der Waals surface area (Å²) in [6.07, 6.45) is 4.64. The number of hydrogen-bond acceptors (Lipinski definition) is 6. The molecule has 1 fully saturated rings. The summed E-state index contributed by atoms with van der Waals surface area (Å²) < 4.78 is 2.16. The second-order valence-electron chi connectivity index (χ2n) is 9.04. The lowest BCUT2D eigenvalue weighted by Crippen LogP contribution is -2.38. The third-order valence-corrected chi connectivity index (χ3v) is 6.58. The van der Waals surface area contributed by atoms with Gasteiger partial charge in [-0.25, -0.2) is 15.0 Å². The Labute approximate surface area is 202 Å². The van der Waals surface area contributed by atoms with Crippen LogP contribution in [0, 0.1) is 6.92 Å². The van der Waals surface area contributed by atoms with Crippen LogP contribution in [0.1, 0.15) is 56.3 Å². The van der Waals surface area contributed by atoms with E-state index in [2.05, 4.69) is 52.4 Å². The fraction of sp³-hybridized carbons (Fsp3) is 0.462. The fourth-order valence-electron chi connectivity index (χ4n) is 4.83. The minimum atomic E-state index is 0.0942. The van der Waals surface area contributed by atoms with Crippen LogP contribution in [0.5, 0.6) is 0 Å². The Hall–Kier alpha value is -3.26. The molecule has 1 N–H and O–H groups in total. The third kappa shape index (κ3) is 4.97. The molecule has 1 aliphatic rings. The van der Waals surface area contributed by atoms with Gasteiger partial charge in [0, 0.05) is 42.6 Å². The van der Waals surface area contributed by atoms with Crippen LogP contribution in [0.25, 0.3) is 11.4 Å². The van der Waals surface area contributed by atoms with E-state index in [1.807, 2.05) is 48.4 Å². The Kier molecular flexibility index (Phi) is 7.26. The predicted octanol–water partition coefficient (Wildman–Crippen LogP) is 4.53. The third-order valence-electron chi connectivity index (χ3n) is 6.58. The number of carbonyl (C=O) groups excluding carboxylic acids is 1. The molecule has 1 amide bonds. The van der Waals surface area contributed by atoms with Gasteiger partial charge in [-0.2, -0.15) is 0 Å². The van der Waals surface area contributed by atoms with Crippen molar-refractivity contribution < 1.29 is 4.79 Å². The summed E-state index contributed by atoms with van der Waals surface area (Å²) in [6, 6.07) is 10.2. The standard InChI is InChI=1S/C26H35N7O/c1-6-31(7-2)22-13-15-32(17-22)25(34)20-8-10-21(11-9-20)29-26-27-14-12-23(30-26)24-16-28-19(5)33(24)18(3)4/h8-12,14,16,18,22H,6-7,13,15,17H2,1-5H3,(H,27,29,30)/t22-/m0/s1. The highest BCUT2D eigenvalue weighted by atomic mass is 16.2. The maximum atomic E-state index is 13.0. The Morgan fingerprint density at radius 2 is 1.88 bits per heavy atom. The van der Waals surface area contributed by atoms with E-state index >= 15 is 0 Å². The van der Waals surface area contributed by atoms with Gasteiger partial charge in [0.25, 0.3) is 5.91 Å². The van der Waals surface area contributed by atoms with E-state index in [0.29, 0.717) is 17.6 Å². The molecule has 1 aliphatic heterocycles. The van der Waals surface area contributed by atoms with E-state index in [4.69, 9.17) is 4.98 Å². The van der Waals surface area contributed by atoms with Gasteiger partial charge >= 0.3 is 0 Å². The normalized spacial score (nSPS) is 16.0. The minimum absolute atomic E-state index is 0.0942. The number of rotatable bonds is 8. The van der Waals surface area contributed by atoms with Gasteiger partial charge in [-0.1, -0.05) is 13.8 Å². The summed E-state index contributed by atoms with van der Waals surface area (Å²) in [5.74, 6) is 1.56. The van der Waals surface area contributed by atoms with Crippen LogP contribution in [-0.2, 0) is 0 Å². The lowest BCUT2D eigenvalue weighted by Gasteiger charge is -2.26. The molecule has 8 heteroatoms. The first-order valence-corrected chi connectivity index (χ1v) is 12.2. The molecule has 0 bridgehead atoms. The maximum Gasteiger partial charge on any atom is 0.253 e. The molecule has 180 valence electrons. The summed E-state index contributed by atoms with van der Waals surface area (Å²) in [5.41, 5.74) is 3.32. The van der Waals surface area contributed by atoms with Crippen molar-refractivity contribution in [3.8, 4) is 11.4 Å². The molecule has 0 unspecified atom stereocenters. The Bertz CT molecular complexity index is 1120. The first-order chi connectivity index (χ1) is 16.4. The topological polar surface area (TPSA) is 79.2 Å². The fourth-order valence-corrected chi connectivity index (χ4v) is 4.83. The van der Waals surface area contributed by atoms with E-state index in [9.17, 15) is 4.79 Å². The molecule has 1 atom stereocenters. The van der Waals surface area contributed by atoms with Crippen LogP contribution >= 0.6 is 0 Å². The van der Waals surface area contributed by atoms with Crippen LogP contribution in [0.4, 0.5) is 11.6 Å². The Balaban J connectivity index is 1.44. The van der Waals surface area contributed by atoms with Crippen molar-refractivity contribution in [1.82, 2.24) is 29.3 Å². The minimum Gasteiger partial charge on any atom is -0.337 e. The largest absolute Gasteiger partial charge is 0.337 e. The lowest BCUT2D eigenvalue weighted by molar-refractivity contribution is 0.0778. The zero-order valence-electron chi connectivity index (χ0n) is 20.8. The molecule has 1 aromatic carbocycles. The molecule has 0 aliphatic carbocycles. The summed E-state index contributed by atoms with van der Waals surface area (Å²) >= 11 is 0. The van der Waals surface area contributed by atoms with Crippen LogP contribution in [0.15, 0.2) is 42.7 Å². The molecule has 4 rings (SSSR count). The highest BCUT2D eigenvalue weighted by Crippen LogP contribution is 2.25. The SMILES string of the molecule is CCN(CC)[C@H]1CCN(C(=O)c2ccc(Nc3nccc(-c4cnc(C)n4C(C)C)n3)cc2)C1. The van der Waals surface area contributed by atoms with Gasteiger partial charge in [-0.05, 0) is 70.6 Å². The van der Waals surface area contributed by atoms with Crippen LogP contribution < -0.4 is 5.32 Å². The average molecular weight is 462 g/mol. The molecular formula is C26H35N7O. The highest BCUT2D eigenvalue weighted by molar-refractivity contribution is 5.94. The summed E-state index contributed by atoms with van der Waals surface area (Å²) in [6.45, 7) is 14.3. The van der Waals surface area contributed by atoms with Gasteiger partial charge in [0.1, 0.15) is 5.82 Å². The molecule has 8 nitrogen and oxygen atoms in total. The monoisotopic (exact) mass is 461 g/mol. The first kappa shape index (κ1) is 23.9. The van der Waals surface area contributed by atoms with Gasteiger partial charge in [-0.15, -0.1) is 0 Å². The van der Waals surface area contributed by atoms with Crippen molar-refractivity contribution in [3.63, 3.8) is 0 Å². The van der Waals surface area contributed by atoms with E-state index in [0.717, 1.165) is 55.5 Å². The molecule has 0 radical (unpaired) electrons. The molecule has 3 heterocycles. The van der Waals surface area contributed by atoms with Crippen molar-refractivity contribution in [2.45, 2.75) is 53.1 Å². The van der Waals surface area contributed by atoms with Crippen molar-refractivity contribution in [2.24, 2.45) is 0 Å². The van der Waals surface area contributed by atoms with Gasteiger partial charge in [0.15, 0.2) is 0 Å². The second kappa shape index (κ2) is 10.3. The quantitative estimate of drug-likeness (QED) is 0.531.